The number of carbonyl (C=O) groups excluding carboxylic acids is 1. The van der Waals surface area contributed by atoms with Crippen LogP contribution in [0.5, 0.6) is 5.75 Å². The number of sulfonamides is 1. The molecule has 1 amide bonds. The average Bonchev–Trinajstić information content (AvgIpc) is 3.35. The number of benzene rings is 2. The molecule has 1 fully saturated rings. The molecule has 6 nitrogen and oxygen atoms in total. The van der Waals surface area contributed by atoms with E-state index in [1.54, 1.807) is 35.2 Å². The van der Waals surface area contributed by atoms with E-state index in [0.717, 1.165) is 36.9 Å². The first kappa shape index (κ1) is 19.0. The second-order valence-electron chi connectivity index (χ2n) is 7.29. The Labute approximate surface area is 165 Å². The van der Waals surface area contributed by atoms with Gasteiger partial charge in [0.15, 0.2) is 6.61 Å². The summed E-state index contributed by atoms with van der Waals surface area (Å²) in [6.45, 7) is 0.485. The summed E-state index contributed by atoms with van der Waals surface area (Å²) in [5.74, 6) is 0.511. The largest absolute Gasteiger partial charge is 0.484 e. The number of carbonyl (C=O) groups is 1. The molecule has 0 bridgehead atoms. The minimum Gasteiger partial charge on any atom is -0.484 e. The second-order valence-corrected chi connectivity index (χ2v) is 9.00. The SMILES string of the molecule is O=C(COc1ccccc1)N1CCc2cc(S(=O)(=O)NC3CCCC3)ccc21. The van der Waals surface area contributed by atoms with Crippen LogP contribution in [0.2, 0.25) is 0 Å². The molecule has 1 N–H and O–H groups in total. The van der Waals surface area contributed by atoms with E-state index in [1.165, 1.54) is 0 Å². The van der Waals surface area contributed by atoms with Crippen LogP contribution in [0.4, 0.5) is 5.69 Å². The Kier molecular flexibility index (Phi) is 5.37. The third kappa shape index (κ3) is 4.05. The molecule has 0 radical (unpaired) electrons. The highest BCUT2D eigenvalue weighted by molar-refractivity contribution is 7.89. The van der Waals surface area contributed by atoms with E-state index < -0.39 is 10.0 Å². The predicted molar refractivity (Wildman–Crippen MR) is 107 cm³/mol. The van der Waals surface area contributed by atoms with Crippen molar-refractivity contribution in [1.82, 2.24) is 4.72 Å². The van der Waals surface area contributed by atoms with Gasteiger partial charge in [0.1, 0.15) is 5.75 Å². The highest BCUT2D eigenvalue weighted by Crippen LogP contribution is 2.31. The minimum absolute atomic E-state index is 0.0338. The summed E-state index contributed by atoms with van der Waals surface area (Å²) >= 11 is 0. The van der Waals surface area contributed by atoms with E-state index in [0.29, 0.717) is 18.7 Å². The predicted octanol–water partition coefficient (Wildman–Crippen LogP) is 2.88. The number of ether oxygens (including phenoxy) is 1. The molecule has 2 aliphatic rings. The Morgan fingerprint density at radius 2 is 1.86 bits per heavy atom. The third-order valence-electron chi connectivity index (χ3n) is 5.34. The summed E-state index contributed by atoms with van der Waals surface area (Å²) in [4.78, 5) is 14.5. The fraction of sp³-hybridized carbons (Fsp3) is 0.381. The summed E-state index contributed by atoms with van der Waals surface area (Å²) in [5.41, 5.74) is 1.64. The Hall–Kier alpha value is -2.38. The van der Waals surface area contributed by atoms with Gasteiger partial charge in [-0.1, -0.05) is 31.0 Å². The molecule has 28 heavy (non-hydrogen) atoms. The van der Waals surface area contributed by atoms with Gasteiger partial charge < -0.3 is 9.64 Å². The first-order chi connectivity index (χ1) is 13.5. The maximum Gasteiger partial charge on any atom is 0.264 e. The molecule has 1 aliphatic carbocycles. The lowest BCUT2D eigenvalue weighted by Gasteiger charge is -2.18. The molecule has 0 aromatic heterocycles. The van der Waals surface area contributed by atoms with Gasteiger partial charge >= 0.3 is 0 Å². The van der Waals surface area contributed by atoms with Gasteiger partial charge in [0.25, 0.3) is 5.91 Å². The molecule has 4 rings (SSSR count). The number of hydrogen-bond acceptors (Lipinski definition) is 4. The lowest BCUT2D eigenvalue weighted by Crippen LogP contribution is -2.33. The van der Waals surface area contributed by atoms with Gasteiger partial charge in [-0.05, 0) is 55.2 Å². The molecule has 0 unspecified atom stereocenters. The monoisotopic (exact) mass is 400 g/mol. The molecule has 0 spiro atoms. The van der Waals surface area contributed by atoms with Gasteiger partial charge in [-0.3, -0.25) is 4.79 Å². The number of fused-ring (bicyclic) bond motifs is 1. The first-order valence-electron chi connectivity index (χ1n) is 9.66. The van der Waals surface area contributed by atoms with E-state index in [4.69, 9.17) is 4.74 Å². The fourth-order valence-corrected chi connectivity index (χ4v) is 5.23. The zero-order valence-corrected chi connectivity index (χ0v) is 16.5. The highest BCUT2D eigenvalue weighted by atomic mass is 32.2. The van der Waals surface area contributed by atoms with Crippen LogP contribution in [0, 0.1) is 0 Å². The lowest BCUT2D eigenvalue weighted by atomic mass is 10.2. The summed E-state index contributed by atoms with van der Waals surface area (Å²) in [5, 5.41) is 0. The zero-order chi connectivity index (χ0) is 19.6. The Morgan fingerprint density at radius 3 is 2.61 bits per heavy atom. The molecule has 1 saturated carbocycles. The lowest BCUT2D eigenvalue weighted by molar-refractivity contribution is -0.120. The normalized spacial score (nSPS) is 16.9. The molecule has 1 aliphatic heterocycles. The van der Waals surface area contributed by atoms with Crippen LogP contribution in [0.3, 0.4) is 0 Å². The van der Waals surface area contributed by atoms with Crippen molar-refractivity contribution in [3.8, 4) is 5.75 Å². The van der Waals surface area contributed by atoms with Crippen molar-refractivity contribution >= 4 is 21.6 Å². The van der Waals surface area contributed by atoms with E-state index in [9.17, 15) is 13.2 Å². The van der Waals surface area contributed by atoms with Crippen molar-refractivity contribution in [2.24, 2.45) is 0 Å². The molecular formula is C21H24N2O4S. The molecular weight excluding hydrogens is 376 g/mol. The van der Waals surface area contributed by atoms with E-state index >= 15 is 0 Å². The van der Waals surface area contributed by atoms with Gasteiger partial charge in [-0.15, -0.1) is 0 Å². The third-order valence-corrected chi connectivity index (χ3v) is 6.86. The number of anilines is 1. The van der Waals surface area contributed by atoms with Crippen molar-refractivity contribution in [3.05, 3.63) is 54.1 Å². The van der Waals surface area contributed by atoms with Gasteiger partial charge in [-0.25, -0.2) is 13.1 Å². The summed E-state index contributed by atoms with van der Waals surface area (Å²) < 4.78 is 33.7. The van der Waals surface area contributed by atoms with Gasteiger partial charge in [0.2, 0.25) is 10.0 Å². The van der Waals surface area contributed by atoms with Crippen molar-refractivity contribution < 1.29 is 17.9 Å². The van der Waals surface area contributed by atoms with E-state index in [1.807, 2.05) is 18.2 Å². The van der Waals surface area contributed by atoms with Crippen LogP contribution in [0.25, 0.3) is 0 Å². The first-order valence-corrected chi connectivity index (χ1v) is 11.1. The van der Waals surface area contributed by atoms with Crippen molar-refractivity contribution in [1.29, 1.82) is 0 Å². The van der Waals surface area contributed by atoms with Crippen LogP contribution in [-0.4, -0.2) is 33.5 Å². The number of nitrogens with zero attached hydrogens (tertiary/aromatic N) is 1. The van der Waals surface area contributed by atoms with Crippen LogP contribution in [0.1, 0.15) is 31.2 Å². The maximum absolute atomic E-state index is 12.7. The van der Waals surface area contributed by atoms with Crippen LogP contribution in [0.15, 0.2) is 53.4 Å². The molecule has 7 heteroatoms. The molecule has 148 valence electrons. The molecule has 0 saturated heterocycles. The Balaban J connectivity index is 1.45. The topological polar surface area (TPSA) is 75.7 Å². The molecule has 1 heterocycles. The van der Waals surface area contributed by atoms with Gasteiger partial charge in [0.05, 0.1) is 4.90 Å². The second kappa shape index (κ2) is 7.93. The van der Waals surface area contributed by atoms with E-state index in [-0.39, 0.29) is 23.5 Å². The minimum atomic E-state index is -3.53. The molecule has 2 aromatic carbocycles. The number of hydrogen-bond donors (Lipinski definition) is 1. The molecule has 2 aromatic rings. The standard InChI is InChI=1S/C21H24N2O4S/c24-21(15-27-18-8-2-1-3-9-18)23-13-12-16-14-19(10-11-20(16)23)28(25,26)22-17-6-4-5-7-17/h1-3,8-11,14,17,22H,4-7,12-13,15H2. The quantitative estimate of drug-likeness (QED) is 0.809. The van der Waals surface area contributed by atoms with Gasteiger partial charge in [0, 0.05) is 18.3 Å². The number of nitrogens with one attached hydrogen (secondary N) is 1. The smallest absolute Gasteiger partial charge is 0.264 e. The maximum atomic E-state index is 12.7. The number of rotatable bonds is 6. The van der Waals surface area contributed by atoms with E-state index in [2.05, 4.69) is 4.72 Å². The number of para-hydroxylation sites is 1. The van der Waals surface area contributed by atoms with Crippen LogP contribution < -0.4 is 14.4 Å². The number of amides is 1. The fourth-order valence-electron chi connectivity index (χ4n) is 3.88. The summed E-state index contributed by atoms with van der Waals surface area (Å²) in [6.07, 6.45) is 4.57. The van der Waals surface area contributed by atoms with Crippen molar-refractivity contribution in [2.45, 2.75) is 43.0 Å². The summed E-state index contributed by atoms with van der Waals surface area (Å²) in [7, 11) is -3.53. The summed E-state index contributed by atoms with van der Waals surface area (Å²) in [6, 6.07) is 14.2. The van der Waals surface area contributed by atoms with Crippen LogP contribution >= 0.6 is 0 Å². The highest BCUT2D eigenvalue weighted by Gasteiger charge is 2.28. The van der Waals surface area contributed by atoms with Crippen LogP contribution in [-0.2, 0) is 21.2 Å². The van der Waals surface area contributed by atoms with Gasteiger partial charge in [-0.2, -0.15) is 0 Å². The molecule has 0 atom stereocenters. The Morgan fingerprint density at radius 1 is 1.11 bits per heavy atom. The zero-order valence-electron chi connectivity index (χ0n) is 15.6. The Bertz CT molecular complexity index is 954. The van der Waals surface area contributed by atoms with Crippen molar-refractivity contribution in [3.63, 3.8) is 0 Å². The van der Waals surface area contributed by atoms with Crippen molar-refractivity contribution in [2.75, 3.05) is 18.1 Å². The average molecular weight is 401 g/mol.